The summed E-state index contributed by atoms with van der Waals surface area (Å²) in [5.41, 5.74) is 1.38. The molecule has 0 aliphatic carbocycles. The van der Waals surface area contributed by atoms with Crippen LogP contribution in [0.1, 0.15) is 29.0 Å². The van der Waals surface area contributed by atoms with Crippen LogP contribution in [0.5, 0.6) is 0 Å². The zero-order valence-corrected chi connectivity index (χ0v) is 16.5. The molecule has 154 valence electrons. The molecule has 2 unspecified atom stereocenters. The van der Waals surface area contributed by atoms with Crippen LogP contribution in [0.4, 0.5) is 4.79 Å². The number of carbonyl (C=O) groups excluding carboxylic acids is 1. The lowest BCUT2D eigenvalue weighted by atomic mass is 9.64. The average molecular weight is 406 g/mol. The molecule has 2 atom stereocenters. The number of imide groups is 1. The number of piperidine rings is 1. The van der Waals surface area contributed by atoms with Gasteiger partial charge in [0.2, 0.25) is 5.91 Å². The number of carboxylic acids is 1. The van der Waals surface area contributed by atoms with Gasteiger partial charge in [-0.2, -0.15) is 0 Å². The number of likely N-dealkylation sites (tertiary alicyclic amines) is 1. The molecular formula is C23H22N2O5. The van der Waals surface area contributed by atoms with Gasteiger partial charge in [0, 0.05) is 29.6 Å². The smallest absolute Gasteiger partial charge is 0.414 e. The van der Waals surface area contributed by atoms with Crippen molar-refractivity contribution in [2.45, 2.75) is 25.7 Å². The van der Waals surface area contributed by atoms with E-state index in [0.29, 0.717) is 10.5 Å². The number of aromatic amines is 1. The maximum Gasteiger partial charge on any atom is 0.414 e. The summed E-state index contributed by atoms with van der Waals surface area (Å²) in [6.07, 6.45) is 0.480. The van der Waals surface area contributed by atoms with E-state index in [1.54, 1.807) is 30.5 Å². The lowest BCUT2D eigenvalue weighted by Gasteiger charge is -2.43. The van der Waals surface area contributed by atoms with Crippen molar-refractivity contribution in [1.82, 2.24) is 9.88 Å². The highest BCUT2D eigenvalue weighted by Crippen LogP contribution is 2.48. The fourth-order valence-electron chi connectivity index (χ4n) is 4.65. The Balaban J connectivity index is 1.92. The van der Waals surface area contributed by atoms with Crippen molar-refractivity contribution in [3.05, 3.63) is 71.4 Å². The van der Waals surface area contributed by atoms with Gasteiger partial charge in [-0.25, -0.2) is 9.69 Å². The zero-order valence-electron chi connectivity index (χ0n) is 16.5. The molecule has 7 heteroatoms. The number of aromatic nitrogens is 1. The van der Waals surface area contributed by atoms with Crippen LogP contribution < -0.4 is 0 Å². The van der Waals surface area contributed by atoms with Crippen molar-refractivity contribution < 1.29 is 24.6 Å². The minimum absolute atomic E-state index is 0.0405. The monoisotopic (exact) mass is 406 g/mol. The Hall–Kier alpha value is -3.61. The van der Waals surface area contributed by atoms with Crippen LogP contribution >= 0.6 is 0 Å². The highest BCUT2D eigenvalue weighted by Gasteiger charge is 2.58. The van der Waals surface area contributed by atoms with E-state index in [0.717, 1.165) is 22.0 Å². The number of carboxylic acid groups (broad SMARTS) is 2. The van der Waals surface area contributed by atoms with Crippen LogP contribution in [0.2, 0.25) is 0 Å². The molecule has 2 heterocycles. The molecule has 0 saturated carbocycles. The summed E-state index contributed by atoms with van der Waals surface area (Å²) in [5, 5.41) is 20.7. The van der Waals surface area contributed by atoms with Crippen LogP contribution in [0.15, 0.2) is 54.7 Å². The predicted octanol–water partition coefficient (Wildman–Crippen LogP) is 3.78. The van der Waals surface area contributed by atoms with Gasteiger partial charge in [0.15, 0.2) is 5.41 Å². The van der Waals surface area contributed by atoms with E-state index in [9.17, 15) is 24.6 Å². The number of amides is 2. The number of fused-ring (bicyclic) bond motifs is 1. The van der Waals surface area contributed by atoms with Gasteiger partial charge in [-0.3, -0.25) is 9.59 Å². The summed E-state index contributed by atoms with van der Waals surface area (Å²) in [6.45, 7) is 1.91. The highest BCUT2D eigenvalue weighted by atomic mass is 16.4. The number of aryl methyl sites for hydroxylation is 1. The van der Waals surface area contributed by atoms with Crippen molar-refractivity contribution in [2.24, 2.45) is 5.41 Å². The summed E-state index contributed by atoms with van der Waals surface area (Å²) in [5.74, 6) is -2.87. The molecule has 1 fully saturated rings. The molecule has 30 heavy (non-hydrogen) atoms. The Kier molecular flexibility index (Phi) is 4.81. The van der Waals surface area contributed by atoms with Crippen LogP contribution in [-0.2, 0) is 16.0 Å². The maximum absolute atomic E-state index is 13.4. The van der Waals surface area contributed by atoms with Gasteiger partial charge < -0.3 is 15.2 Å². The number of nitrogens with zero attached hydrogens (tertiary/aromatic N) is 1. The third-order valence-corrected chi connectivity index (χ3v) is 6.13. The Morgan fingerprint density at radius 3 is 2.53 bits per heavy atom. The van der Waals surface area contributed by atoms with E-state index in [-0.39, 0.29) is 19.4 Å². The lowest BCUT2D eigenvalue weighted by Crippen LogP contribution is -2.58. The third-order valence-electron chi connectivity index (χ3n) is 6.13. The predicted molar refractivity (Wildman–Crippen MR) is 110 cm³/mol. The molecule has 0 bridgehead atoms. The zero-order chi connectivity index (χ0) is 21.5. The average Bonchev–Trinajstić information content (AvgIpc) is 3.15. The molecule has 1 aliphatic rings. The normalized spacial score (nSPS) is 21.7. The number of hydrogen-bond donors (Lipinski definition) is 3. The van der Waals surface area contributed by atoms with Crippen LogP contribution in [0.3, 0.4) is 0 Å². The highest BCUT2D eigenvalue weighted by molar-refractivity contribution is 6.09. The number of carbonyl (C=O) groups is 3. The fraction of sp³-hybridized carbons (Fsp3) is 0.261. The van der Waals surface area contributed by atoms with Gasteiger partial charge in [-0.15, -0.1) is 0 Å². The summed E-state index contributed by atoms with van der Waals surface area (Å²) >= 11 is 0. The minimum atomic E-state index is -1.92. The third kappa shape index (κ3) is 2.94. The molecule has 3 aromatic rings. The summed E-state index contributed by atoms with van der Waals surface area (Å²) in [7, 11) is 0. The van der Waals surface area contributed by atoms with E-state index in [1.807, 2.05) is 31.2 Å². The van der Waals surface area contributed by atoms with E-state index in [4.69, 9.17) is 0 Å². The number of rotatable bonds is 4. The van der Waals surface area contributed by atoms with Gasteiger partial charge in [-0.05, 0) is 36.5 Å². The summed E-state index contributed by atoms with van der Waals surface area (Å²) in [6, 6.07) is 14.6. The van der Waals surface area contributed by atoms with Crippen molar-refractivity contribution >= 4 is 28.9 Å². The van der Waals surface area contributed by atoms with E-state index in [2.05, 4.69) is 4.98 Å². The molecule has 1 aliphatic heterocycles. The fourth-order valence-corrected chi connectivity index (χ4v) is 4.65. The van der Waals surface area contributed by atoms with Gasteiger partial charge in [0.25, 0.3) is 0 Å². The first kappa shape index (κ1) is 19.7. The van der Waals surface area contributed by atoms with Crippen molar-refractivity contribution in [3.8, 4) is 0 Å². The Morgan fingerprint density at radius 2 is 1.87 bits per heavy atom. The second kappa shape index (κ2) is 7.33. The Bertz CT molecular complexity index is 1140. The second-order valence-corrected chi connectivity index (χ2v) is 7.76. The first-order chi connectivity index (χ1) is 14.4. The van der Waals surface area contributed by atoms with Gasteiger partial charge in [-0.1, -0.05) is 48.5 Å². The standard InChI is InChI=1S/C23H22N2O5/c1-14-6-5-9-16-17(13-24-19(14)16)18-10-11-25(22(29)30)20(26)23(18,21(27)28)12-15-7-3-2-4-8-15/h2-9,13,18,24H,10-12H2,1H3,(H,27,28)(H,29,30). The SMILES string of the molecule is Cc1cccc2c(C3CCN(C(=O)O)C(=O)C3(Cc3ccccc3)C(=O)O)c[nH]c12. The molecule has 1 saturated heterocycles. The number of benzene rings is 2. The maximum atomic E-state index is 13.4. The van der Waals surface area contributed by atoms with E-state index < -0.39 is 29.3 Å². The first-order valence-corrected chi connectivity index (χ1v) is 9.75. The summed E-state index contributed by atoms with van der Waals surface area (Å²) in [4.78, 5) is 41.7. The molecule has 3 N–H and O–H groups in total. The number of H-pyrrole nitrogens is 1. The molecule has 0 spiro atoms. The van der Waals surface area contributed by atoms with Crippen molar-refractivity contribution in [2.75, 3.05) is 6.54 Å². The van der Waals surface area contributed by atoms with Gasteiger partial charge >= 0.3 is 12.1 Å². The molecule has 2 aromatic carbocycles. The minimum Gasteiger partial charge on any atom is -0.480 e. The molecule has 1 aromatic heterocycles. The largest absolute Gasteiger partial charge is 0.480 e. The quantitative estimate of drug-likeness (QED) is 0.571. The van der Waals surface area contributed by atoms with Crippen molar-refractivity contribution in [3.63, 3.8) is 0 Å². The second-order valence-electron chi connectivity index (χ2n) is 7.76. The van der Waals surface area contributed by atoms with E-state index >= 15 is 0 Å². The van der Waals surface area contributed by atoms with Crippen LogP contribution in [0.25, 0.3) is 10.9 Å². The van der Waals surface area contributed by atoms with Crippen molar-refractivity contribution in [1.29, 1.82) is 0 Å². The van der Waals surface area contributed by atoms with Crippen LogP contribution in [-0.4, -0.2) is 44.6 Å². The van der Waals surface area contributed by atoms with Crippen LogP contribution in [0, 0.1) is 12.3 Å². The van der Waals surface area contributed by atoms with Gasteiger partial charge in [0.05, 0.1) is 0 Å². The summed E-state index contributed by atoms with van der Waals surface area (Å²) < 4.78 is 0. The molecule has 4 rings (SSSR count). The van der Waals surface area contributed by atoms with Gasteiger partial charge in [0.1, 0.15) is 0 Å². The molecule has 7 nitrogen and oxygen atoms in total. The van der Waals surface area contributed by atoms with E-state index in [1.165, 1.54) is 0 Å². The Labute approximate surface area is 172 Å². The lowest BCUT2D eigenvalue weighted by molar-refractivity contribution is -0.164. The first-order valence-electron chi connectivity index (χ1n) is 9.75. The molecular weight excluding hydrogens is 384 g/mol. The number of para-hydroxylation sites is 1. The Morgan fingerprint density at radius 1 is 1.13 bits per heavy atom. The number of nitrogens with one attached hydrogen (secondary N) is 1. The number of aliphatic carboxylic acids is 1. The molecule has 0 radical (unpaired) electrons. The topological polar surface area (TPSA) is 111 Å². The number of hydrogen-bond acceptors (Lipinski definition) is 3. The molecule has 2 amide bonds.